The molecule has 0 bridgehead atoms. The van der Waals surface area contributed by atoms with Crippen molar-refractivity contribution in [2.45, 2.75) is 53.5 Å². The summed E-state index contributed by atoms with van der Waals surface area (Å²) in [7, 11) is 1.62. The first-order chi connectivity index (χ1) is 12.2. The minimum atomic E-state index is -0.304. The Bertz CT molecular complexity index is 734. The Balaban J connectivity index is 2.23. The third kappa shape index (κ3) is 5.31. The maximum absolute atomic E-state index is 12.4. The van der Waals surface area contributed by atoms with Crippen molar-refractivity contribution in [3.8, 4) is 17.1 Å². The average Bonchev–Trinajstić information content (AvgIpc) is 3.07. The predicted molar refractivity (Wildman–Crippen MR) is 101 cm³/mol. The van der Waals surface area contributed by atoms with E-state index in [2.05, 4.69) is 29.3 Å². The normalized spacial score (nSPS) is 13.9. The van der Waals surface area contributed by atoms with Gasteiger partial charge in [-0.2, -0.15) is 4.98 Å². The Morgan fingerprint density at radius 1 is 1.35 bits per heavy atom. The van der Waals surface area contributed by atoms with Crippen LogP contribution in [0.15, 0.2) is 28.8 Å². The highest BCUT2D eigenvalue weighted by Gasteiger charge is 2.28. The zero-order valence-electron chi connectivity index (χ0n) is 16.5. The van der Waals surface area contributed by atoms with Crippen LogP contribution >= 0.6 is 0 Å². The smallest absolute Gasteiger partial charge is 0.249 e. The van der Waals surface area contributed by atoms with Crippen molar-refractivity contribution in [2.75, 3.05) is 7.11 Å². The lowest BCUT2D eigenvalue weighted by Gasteiger charge is -2.23. The topological polar surface area (TPSA) is 77.2 Å². The van der Waals surface area contributed by atoms with Gasteiger partial charge in [0.05, 0.1) is 7.11 Å². The number of rotatable bonds is 7. The van der Waals surface area contributed by atoms with Crippen LogP contribution in [-0.2, 0) is 4.79 Å². The maximum Gasteiger partial charge on any atom is 0.249 e. The third-order valence-electron chi connectivity index (χ3n) is 4.26. The van der Waals surface area contributed by atoms with Gasteiger partial charge in [-0.1, -0.05) is 58.3 Å². The van der Waals surface area contributed by atoms with Crippen molar-refractivity contribution in [1.82, 2.24) is 15.5 Å². The first-order valence-electron chi connectivity index (χ1n) is 9.01. The molecule has 0 saturated heterocycles. The van der Waals surface area contributed by atoms with E-state index in [0.29, 0.717) is 18.1 Å². The summed E-state index contributed by atoms with van der Waals surface area (Å²) in [6, 6.07) is 7.18. The molecule has 1 amide bonds. The number of hydrogen-bond donors (Lipinski definition) is 1. The quantitative estimate of drug-likeness (QED) is 0.793. The van der Waals surface area contributed by atoms with Crippen molar-refractivity contribution in [3.63, 3.8) is 0 Å². The number of carbonyl (C=O) groups is 1. The maximum atomic E-state index is 12.4. The summed E-state index contributed by atoms with van der Waals surface area (Å²) in [4.78, 5) is 16.9. The molecule has 1 N–H and O–H groups in total. The molecule has 0 spiro atoms. The van der Waals surface area contributed by atoms with Gasteiger partial charge in [0.15, 0.2) is 0 Å². The molecule has 1 aromatic carbocycles. The Morgan fingerprint density at radius 2 is 2.08 bits per heavy atom. The van der Waals surface area contributed by atoms with Crippen LogP contribution in [0.25, 0.3) is 11.4 Å². The van der Waals surface area contributed by atoms with Gasteiger partial charge >= 0.3 is 0 Å². The Labute approximate surface area is 155 Å². The number of amides is 1. The zero-order chi connectivity index (χ0) is 19.3. The van der Waals surface area contributed by atoms with E-state index in [-0.39, 0.29) is 23.3 Å². The second-order valence-corrected chi connectivity index (χ2v) is 7.86. The molecular formula is C20H29N3O3. The molecule has 2 rings (SSSR count). The summed E-state index contributed by atoms with van der Waals surface area (Å²) in [6.07, 6.45) is 1.33. The minimum Gasteiger partial charge on any atom is -0.497 e. The van der Waals surface area contributed by atoms with E-state index in [4.69, 9.17) is 9.26 Å². The zero-order valence-corrected chi connectivity index (χ0v) is 16.5. The minimum absolute atomic E-state index is 0.0102. The van der Waals surface area contributed by atoms with Gasteiger partial charge in [0.1, 0.15) is 11.8 Å². The van der Waals surface area contributed by atoms with Gasteiger partial charge in [-0.3, -0.25) is 4.79 Å². The fourth-order valence-corrected chi connectivity index (χ4v) is 2.63. The summed E-state index contributed by atoms with van der Waals surface area (Å²) >= 11 is 0. The Hall–Kier alpha value is -2.37. The summed E-state index contributed by atoms with van der Waals surface area (Å²) in [6.45, 7) is 10.3. The van der Waals surface area contributed by atoms with Crippen molar-refractivity contribution in [3.05, 3.63) is 30.2 Å². The predicted octanol–water partition coefficient (Wildman–Crippen LogP) is 4.38. The summed E-state index contributed by atoms with van der Waals surface area (Å²) < 4.78 is 10.7. The monoisotopic (exact) mass is 359 g/mol. The molecule has 0 radical (unpaired) electrons. The van der Waals surface area contributed by atoms with Crippen molar-refractivity contribution < 1.29 is 14.1 Å². The van der Waals surface area contributed by atoms with Gasteiger partial charge < -0.3 is 14.6 Å². The summed E-state index contributed by atoms with van der Waals surface area (Å²) in [5.74, 6) is 1.81. The fourth-order valence-electron chi connectivity index (χ4n) is 2.63. The Morgan fingerprint density at radius 3 is 2.69 bits per heavy atom. The van der Waals surface area contributed by atoms with Crippen molar-refractivity contribution >= 4 is 5.91 Å². The van der Waals surface area contributed by atoms with Crippen LogP contribution in [0, 0.1) is 11.3 Å². The lowest BCUT2D eigenvalue weighted by atomic mass is 9.91. The number of methoxy groups -OCH3 is 1. The molecule has 2 atom stereocenters. The summed E-state index contributed by atoms with van der Waals surface area (Å²) in [5, 5.41) is 7.16. The molecule has 0 saturated carbocycles. The van der Waals surface area contributed by atoms with Gasteiger partial charge in [-0.25, -0.2) is 0 Å². The second kappa shape index (κ2) is 8.34. The number of nitrogens with zero attached hydrogens (tertiary/aromatic N) is 2. The van der Waals surface area contributed by atoms with Crippen LogP contribution in [0.4, 0.5) is 0 Å². The van der Waals surface area contributed by atoms with Crippen LogP contribution in [0.1, 0.15) is 59.4 Å². The molecule has 0 fully saturated rings. The highest BCUT2D eigenvalue weighted by Crippen LogP contribution is 2.28. The molecule has 0 aliphatic carbocycles. The SMILES string of the molecule is CC[C@@H](C)[C@@H](NC(=O)CC(C)(C)C)c1nc(-c2cccc(OC)c2)no1. The average molecular weight is 359 g/mol. The van der Waals surface area contributed by atoms with E-state index < -0.39 is 0 Å². The lowest BCUT2D eigenvalue weighted by Crippen LogP contribution is -2.34. The van der Waals surface area contributed by atoms with Crippen LogP contribution in [-0.4, -0.2) is 23.2 Å². The molecule has 0 aliphatic heterocycles. The number of nitrogens with one attached hydrogen (secondary N) is 1. The molecule has 1 aromatic heterocycles. The molecule has 142 valence electrons. The van der Waals surface area contributed by atoms with Gasteiger partial charge in [0, 0.05) is 12.0 Å². The van der Waals surface area contributed by atoms with Crippen LogP contribution < -0.4 is 10.1 Å². The molecule has 2 aromatic rings. The molecular weight excluding hydrogens is 330 g/mol. The second-order valence-electron chi connectivity index (χ2n) is 7.86. The van der Waals surface area contributed by atoms with Gasteiger partial charge in [0.25, 0.3) is 0 Å². The number of ether oxygens (including phenoxy) is 1. The first-order valence-corrected chi connectivity index (χ1v) is 9.01. The van der Waals surface area contributed by atoms with Crippen LogP contribution in [0.3, 0.4) is 0 Å². The molecule has 6 heteroatoms. The van der Waals surface area contributed by atoms with E-state index in [9.17, 15) is 4.79 Å². The number of aromatic nitrogens is 2. The van der Waals surface area contributed by atoms with E-state index >= 15 is 0 Å². The molecule has 26 heavy (non-hydrogen) atoms. The van der Waals surface area contributed by atoms with Crippen LogP contribution in [0.5, 0.6) is 5.75 Å². The Kier molecular flexibility index (Phi) is 6.40. The standard InChI is InChI=1S/C20H29N3O3/c1-7-13(2)17(21-16(24)12-20(3,4)5)19-22-18(23-26-19)14-9-8-10-15(11-14)25-6/h8-11,13,17H,7,12H2,1-6H3,(H,21,24)/t13-,17-/m1/s1. The van der Waals surface area contributed by atoms with Crippen LogP contribution in [0.2, 0.25) is 0 Å². The highest BCUT2D eigenvalue weighted by molar-refractivity contribution is 5.77. The van der Waals surface area contributed by atoms with Crippen molar-refractivity contribution in [1.29, 1.82) is 0 Å². The third-order valence-corrected chi connectivity index (χ3v) is 4.26. The molecule has 0 unspecified atom stereocenters. The van der Waals surface area contributed by atoms with Gasteiger partial charge in [-0.05, 0) is 23.5 Å². The summed E-state index contributed by atoms with van der Waals surface area (Å²) in [5.41, 5.74) is 0.730. The van der Waals surface area contributed by atoms with E-state index in [1.54, 1.807) is 7.11 Å². The molecule has 0 aliphatic rings. The molecule has 1 heterocycles. The molecule has 6 nitrogen and oxygen atoms in total. The first kappa shape index (κ1) is 19.9. The largest absolute Gasteiger partial charge is 0.497 e. The highest BCUT2D eigenvalue weighted by atomic mass is 16.5. The van der Waals surface area contributed by atoms with Gasteiger partial charge in [-0.15, -0.1) is 0 Å². The van der Waals surface area contributed by atoms with E-state index in [0.717, 1.165) is 17.7 Å². The van der Waals surface area contributed by atoms with Crippen molar-refractivity contribution in [2.24, 2.45) is 11.3 Å². The number of hydrogen-bond acceptors (Lipinski definition) is 5. The number of carbonyl (C=O) groups excluding carboxylic acids is 1. The fraction of sp³-hybridized carbons (Fsp3) is 0.550. The van der Waals surface area contributed by atoms with E-state index in [1.165, 1.54) is 0 Å². The lowest BCUT2D eigenvalue weighted by molar-refractivity contribution is -0.124. The van der Waals surface area contributed by atoms with E-state index in [1.807, 2.05) is 45.0 Å². The number of benzene rings is 1. The van der Waals surface area contributed by atoms with Gasteiger partial charge in [0.2, 0.25) is 17.6 Å².